The Morgan fingerprint density at radius 2 is 1.79 bits per heavy atom. The quantitative estimate of drug-likeness (QED) is 0.807. The van der Waals surface area contributed by atoms with Crippen LogP contribution in [0.25, 0.3) is 10.9 Å². The van der Waals surface area contributed by atoms with E-state index in [-0.39, 0.29) is 0 Å². The number of hydrogen-bond donors (Lipinski definition) is 0. The number of esters is 1. The van der Waals surface area contributed by atoms with Crippen LogP contribution in [-0.4, -0.2) is 48.3 Å². The summed E-state index contributed by atoms with van der Waals surface area (Å²) in [5.74, 6) is -0.467. The van der Waals surface area contributed by atoms with Crippen LogP contribution in [0.1, 0.15) is 36.8 Å². The number of hydrogen-bond acceptors (Lipinski definition) is 5. The van der Waals surface area contributed by atoms with Crippen molar-refractivity contribution in [2.45, 2.75) is 32.9 Å². The molecule has 0 radical (unpaired) electrons. The molecule has 0 aliphatic heterocycles. The first-order chi connectivity index (χ1) is 11.2. The van der Waals surface area contributed by atoms with Crippen molar-refractivity contribution in [2.24, 2.45) is 0 Å². The van der Waals surface area contributed by atoms with Crippen LogP contribution in [0.5, 0.6) is 0 Å². The highest BCUT2D eigenvalue weighted by molar-refractivity contribution is 6.08. The van der Waals surface area contributed by atoms with Gasteiger partial charge in [-0.15, -0.1) is 0 Å². The van der Waals surface area contributed by atoms with Crippen LogP contribution >= 0.6 is 0 Å². The van der Waals surface area contributed by atoms with Gasteiger partial charge in [0.05, 0.1) is 23.9 Å². The summed E-state index contributed by atoms with van der Waals surface area (Å²) < 4.78 is 11.9. The molecule has 2 aromatic rings. The fourth-order valence-corrected chi connectivity index (χ4v) is 2.59. The highest BCUT2D eigenvalue weighted by atomic mass is 16.6. The van der Waals surface area contributed by atoms with Crippen molar-refractivity contribution in [2.75, 3.05) is 21.2 Å². The minimum Gasteiger partial charge on any atom is -0.465 e. The highest BCUT2D eigenvalue weighted by Crippen LogP contribution is 2.29. The number of ether oxygens (including phenoxy) is 2. The van der Waals surface area contributed by atoms with Crippen LogP contribution in [0.2, 0.25) is 0 Å². The highest BCUT2D eigenvalue weighted by Gasteiger charge is 2.28. The van der Waals surface area contributed by atoms with Crippen LogP contribution in [0.4, 0.5) is 4.79 Å². The van der Waals surface area contributed by atoms with Gasteiger partial charge < -0.3 is 14.4 Å². The molecular weight excluding hydrogens is 308 g/mol. The van der Waals surface area contributed by atoms with Crippen molar-refractivity contribution in [3.63, 3.8) is 0 Å². The molecule has 0 spiro atoms. The van der Waals surface area contributed by atoms with E-state index < -0.39 is 17.7 Å². The maximum Gasteiger partial charge on any atom is 0.419 e. The van der Waals surface area contributed by atoms with Crippen LogP contribution in [0, 0.1) is 0 Å². The summed E-state index contributed by atoms with van der Waals surface area (Å²) in [5.41, 5.74) is 0.947. The summed E-state index contributed by atoms with van der Waals surface area (Å²) in [5, 5.41) is 0.673. The molecule has 0 N–H and O–H groups in total. The van der Waals surface area contributed by atoms with Gasteiger partial charge in [-0.2, -0.15) is 0 Å². The minimum absolute atomic E-state index is 0.396. The second kappa shape index (κ2) is 6.65. The van der Waals surface area contributed by atoms with Gasteiger partial charge in [0.1, 0.15) is 5.60 Å². The average Bonchev–Trinajstić information content (AvgIpc) is 2.77. The minimum atomic E-state index is -0.636. The van der Waals surface area contributed by atoms with E-state index in [2.05, 4.69) is 0 Å². The van der Waals surface area contributed by atoms with Crippen LogP contribution in [0.3, 0.4) is 0 Å². The molecule has 0 unspecified atom stereocenters. The monoisotopic (exact) mass is 332 g/mol. The van der Waals surface area contributed by atoms with Gasteiger partial charge >= 0.3 is 12.1 Å². The molecule has 130 valence electrons. The lowest BCUT2D eigenvalue weighted by atomic mass is 10.1. The van der Waals surface area contributed by atoms with E-state index in [0.717, 1.165) is 0 Å². The maximum atomic E-state index is 12.8. The zero-order valence-electron chi connectivity index (χ0n) is 15.0. The molecule has 0 atom stereocenters. The summed E-state index contributed by atoms with van der Waals surface area (Å²) in [7, 11) is 5.08. The Kier molecular flexibility index (Phi) is 4.99. The molecule has 0 aliphatic rings. The number of rotatable bonds is 3. The molecule has 0 amide bonds. The smallest absolute Gasteiger partial charge is 0.419 e. The molecule has 6 heteroatoms. The second-order valence-corrected chi connectivity index (χ2v) is 6.88. The Morgan fingerprint density at radius 3 is 2.33 bits per heavy atom. The predicted octanol–water partition coefficient (Wildman–Crippen LogP) is 3.27. The van der Waals surface area contributed by atoms with E-state index in [1.807, 2.05) is 58.0 Å². The van der Waals surface area contributed by atoms with Gasteiger partial charge in [-0.1, -0.05) is 18.2 Å². The fourth-order valence-electron chi connectivity index (χ4n) is 2.59. The van der Waals surface area contributed by atoms with Crippen molar-refractivity contribution in [3.8, 4) is 0 Å². The maximum absolute atomic E-state index is 12.8. The number of nitrogens with zero attached hydrogens (tertiary/aromatic N) is 2. The van der Waals surface area contributed by atoms with Gasteiger partial charge in [0.15, 0.2) is 0 Å². The standard InChI is InChI=1S/C18H24N2O4/c1-18(2,3)24-17(22)20-13-10-8-7-9-12(13)15(16(21)23-6)14(20)11-19(4)5/h7-10H,11H2,1-6H3. The third-order valence-corrected chi connectivity index (χ3v) is 3.40. The largest absolute Gasteiger partial charge is 0.465 e. The molecule has 0 bridgehead atoms. The number of fused-ring (bicyclic) bond motifs is 1. The number of benzene rings is 1. The number of carbonyl (C=O) groups is 2. The first kappa shape index (κ1) is 18.0. The molecule has 6 nitrogen and oxygen atoms in total. The Labute approximate surface area is 141 Å². The summed E-state index contributed by atoms with van der Waals surface area (Å²) in [6.45, 7) is 5.83. The van der Waals surface area contributed by atoms with Crippen molar-refractivity contribution < 1.29 is 19.1 Å². The Hall–Kier alpha value is -2.34. The first-order valence-electron chi connectivity index (χ1n) is 7.74. The number of aromatic nitrogens is 1. The van der Waals surface area contributed by atoms with Crippen molar-refractivity contribution >= 4 is 23.0 Å². The molecule has 24 heavy (non-hydrogen) atoms. The summed E-state index contributed by atoms with van der Waals surface area (Å²) in [6.07, 6.45) is -0.509. The number of carbonyl (C=O) groups excluding carboxylic acids is 2. The van der Waals surface area contributed by atoms with E-state index in [1.165, 1.54) is 11.7 Å². The molecule has 0 fully saturated rings. The normalized spacial score (nSPS) is 11.8. The Balaban J connectivity index is 2.76. The van der Waals surface area contributed by atoms with Gasteiger partial charge in [-0.05, 0) is 40.9 Å². The van der Waals surface area contributed by atoms with E-state index in [1.54, 1.807) is 6.07 Å². The fraction of sp³-hybridized carbons (Fsp3) is 0.444. The average molecular weight is 332 g/mol. The Morgan fingerprint density at radius 1 is 1.17 bits per heavy atom. The predicted molar refractivity (Wildman–Crippen MR) is 92.3 cm³/mol. The summed E-state index contributed by atoms with van der Waals surface area (Å²) in [4.78, 5) is 27.0. The zero-order chi connectivity index (χ0) is 18.1. The lowest BCUT2D eigenvalue weighted by Crippen LogP contribution is -2.29. The van der Waals surface area contributed by atoms with E-state index >= 15 is 0 Å². The van der Waals surface area contributed by atoms with Gasteiger partial charge in [0, 0.05) is 11.9 Å². The molecule has 1 heterocycles. The molecular formula is C18H24N2O4. The van der Waals surface area contributed by atoms with Gasteiger partial charge in [-0.25, -0.2) is 14.2 Å². The van der Waals surface area contributed by atoms with Gasteiger partial charge in [0.25, 0.3) is 0 Å². The Bertz CT molecular complexity index is 769. The van der Waals surface area contributed by atoms with E-state index in [0.29, 0.717) is 28.7 Å². The van der Waals surface area contributed by atoms with Gasteiger partial charge in [-0.3, -0.25) is 0 Å². The van der Waals surface area contributed by atoms with E-state index in [9.17, 15) is 9.59 Å². The van der Waals surface area contributed by atoms with Crippen molar-refractivity contribution in [1.29, 1.82) is 0 Å². The molecule has 1 aromatic carbocycles. The SMILES string of the molecule is COC(=O)c1c(CN(C)C)n(C(=O)OC(C)(C)C)c2ccccc12. The lowest BCUT2D eigenvalue weighted by molar-refractivity contribution is 0.0537. The zero-order valence-corrected chi connectivity index (χ0v) is 15.0. The van der Waals surface area contributed by atoms with Crippen LogP contribution in [0.15, 0.2) is 24.3 Å². The number of para-hydroxylation sites is 1. The molecule has 0 saturated carbocycles. The molecule has 0 saturated heterocycles. The molecule has 0 aliphatic carbocycles. The topological polar surface area (TPSA) is 60.8 Å². The summed E-state index contributed by atoms with van der Waals surface area (Å²) >= 11 is 0. The third-order valence-electron chi connectivity index (χ3n) is 3.40. The van der Waals surface area contributed by atoms with Crippen molar-refractivity contribution in [3.05, 3.63) is 35.5 Å². The lowest BCUT2D eigenvalue weighted by Gasteiger charge is -2.21. The van der Waals surface area contributed by atoms with E-state index in [4.69, 9.17) is 9.47 Å². The first-order valence-corrected chi connectivity index (χ1v) is 7.74. The summed E-state index contributed by atoms with van der Waals surface area (Å²) in [6, 6.07) is 7.25. The van der Waals surface area contributed by atoms with Crippen LogP contribution in [-0.2, 0) is 16.0 Å². The molecule has 2 rings (SSSR count). The van der Waals surface area contributed by atoms with Crippen molar-refractivity contribution in [1.82, 2.24) is 9.47 Å². The second-order valence-electron chi connectivity index (χ2n) is 6.88. The number of methoxy groups -OCH3 is 1. The van der Waals surface area contributed by atoms with Gasteiger partial charge in [0.2, 0.25) is 0 Å². The molecule has 1 aromatic heterocycles. The van der Waals surface area contributed by atoms with Crippen LogP contribution < -0.4 is 0 Å². The third kappa shape index (κ3) is 3.59.